The Kier molecular flexibility index (Phi) is 7.16. The molecule has 0 aliphatic heterocycles. The van der Waals surface area contributed by atoms with Crippen LogP contribution in [0.4, 0.5) is 0 Å². The quantitative estimate of drug-likeness (QED) is 0.371. The standard InChI is InChI=1S/C25H29NO3/c1-7-8-18-9-16-23(29-25(2,3)4)21(17-18)14-15-22(27)19-10-12-20(13-11-19)24(28)26(5)6/h7,9-17H,1,8H2,2-6H3. The van der Waals surface area contributed by atoms with Gasteiger partial charge in [-0.3, -0.25) is 9.59 Å². The molecule has 1 amide bonds. The minimum absolute atomic E-state index is 0.0949. The molecular formula is C25H29NO3. The van der Waals surface area contributed by atoms with Crippen LogP contribution in [0.25, 0.3) is 6.08 Å². The molecule has 0 atom stereocenters. The van der Waals surface area contributed by atoms with Crippen LogP contribution in [0.2, 0.25) is 0 Å². The highest BCUT2D eigenvalue weighted by Gasteiger charge is 2.14. The van der Waals surface area contributed by atoms with Crippen molar-refractivity contribution in [2.24, 2.45) is 0 Å². The van der Waals surface area contributed by atoms with Crippen molar-refractivity contribution in [3.8, 4) is 5.75 Å². The van der Waals surface area contributed by atoms with E-state index in [0.29, 0.717) is 11.1 Å². The van der Waals surface area contributed by atoms with Gasteiger partial charge in [0.05, 0.1) is 0 Å². The Morgan fingerprint density at radius 3 is 2.21 bits per heavy atom. The van der Waals surface area contributed by atoms with E-state index in [1.807, 2.05) is 45.0 Å². The lowest BCUT2D eigenvalue weighted by atomic mass is 10.0. The number of benzene rings is 2. The first-order valence-electron chi connectivity index (χ1n) is 9.57. The first kappa shape index (κ1) is 22.2. The summed E-state index contributed by atoms with van der Waals surface area (Å²) in [6, 6.07) is 12.6. The van der Waals surface area contributed by atoms with Gasteiger partial charge in [0.1, 0.15) is 11.4 Å². The minimum Gasteiger partial charge on any atom is -0.488 e. The topological polar surface area (TPSA) is 46.6 Å². The highest BCUT2D eigenvalue weighted by Crippen LogP contribution is 2.26. The molecule has 4 heteroatoms. The second-order valence-corrected chi connectivity index (χ2v) is 8.05. The molecule has 0 saturated carbocycles. The molecule has 2 rings (SSSR count). The van der Waals surface area contributed by atoms with Gasteiger partial charge in [0.15, 0.2) is 5.78 Å². The van der Waals surface area contributed by atoms with Gasteiger partial charge in [0, 0.05) is 30.8 Å². The fourth-order valence-corrected chi connectivity index (χ4v) is 2.74. The lowest BCUT2D eigenvalue weighted by Crippen LogP contribution is -2.23. The summed E-state index contributed by atoms with van der Waals surface area (Å²) in [5.74, 6) is 0.494. The number of allylic oxidation sites excluding steroid dienone is 2. The van der Waals surface area contributed by atoms with Crippen LogP contribution in [-0.4, -0.2) is 36.3 Å². The Balaban J connectivity index is 2.26. The van der Waals surface area contributed by atoms with Crippen molar-refractivity contribution in [2.45, 2.75) is 32.8 Å². The molecule has 2 aromatic carbocycles. The summed E-state index contributed by atoms with van der Waals surface area (Å²) in [5, 5.41) is 0. The molecule has 0 spiro atoms. The lowest BCUT2D eigenvalue weighted by molar-refractivity contribution is 0.0827. The van der Waals surface area contributed by atoms with Gasteiger partial charge < -0.3 is 9.64 Å². The molecule has 0 aromatic heterocycles. The summed E-state index contributed by atoms with van der Waals surface area (Å²) in [6.07, 6.45) is 5.89. The van der Waals surface area contributed by atoms with E-state index in [-0.39, 0.29) is 17.3 Å². The molecule has 0 unspecified atom stereocenters. The Labute approximate surface area is 173 Å². The summed E-state index contributed by atoms with van der Waals surface area (Å²) in [7, 11) is 3.39. The lowest BCUT2D eigenvalue weighted by Gasteiger charge is -2.23. The highest BCUT2D eigenvalue weighted by atomic mass is 16.5. The number of ether oxygens (including phenoxy) is 1. The van der Waals surface area contributed by atoms with Crippen LogP contribution in [0.15, 0.2) is 61.2 Å². The maximum absolute atomic E-state index is 12.6. The molecule has 0 radical (unpaired) electrons. The molecule has 4 nitrogen and oxygen atoms in total. The third-order valence-corrected chi connectivity index (χ3v) is 4.11. The second-order valence-electron chi connectivity index (χ2n) is 8.05. The van der Waals surface area contributed by atoms with E-state index >= 15 is 0 Å². The first-order chi connectivity index (χ1) is 13.6. The highest BCUT2D eigenvalue weighted by molar-refractivity contribution is 6.07. The van der Waals surface area contributed by atoms with E-state index in [0.717, 1.165) is 23.3 Å². The van der Waals surface area contributed by atoms with Crippen molar-refractivity contribution in [1.29, 1.82) is 0 Å². The maximum Gasteiger partial charge on any atom is 0.253 e. The van der Waals surface area contributed by atoms with Crippen LogP contribution in [-0.2, 0) is 6.42 Å². The molecule has 0 aliphatic carbocycles. The molecule has 0 aliphatic rings. The van der Waals surface area contributed by atoms with Gasteiger partial charge in [0.25, 0.3) is 5.91 Å². The van der Waals surface area contributed by atoms with Crippen molar-refractivity contribution < 1.29 is 14.3 Å². The predicted molar refractivity (Wildman–Crippen MR) is 119 cm³/mol. The van der Waals surface area contributed by atoms with Crippen molar-refractivity contribution in [2.75, 3.05) is 14.1 Å². The molecule has 0 saturated heterocycles. The van der Waals surface area contributed by atoms with Crippen molar-refractivity contribution in [3.05, 3.63) is 83.4 Å². The molecule has 2 aromatic rings. The van der Waals surface area contributed by atoms with Crippen LogP contribution in [0.3, 0.4) is 0 Å². The summed E-state index contributed by atoms with van der Waals surface area (Å²) in [6.45, 7) is 9.74. The smallest absolute Gasteiger partial charge is 0.253 e. The van der Waals surface area contributed by atoms with E-state index < -0.39 is 0 Å². The number of carbonyl (C=O) groups is 2. The summed E-state index contributed by atoms with van der Waals surface area (Å²) in [5.41, 5.74) is 2.67. The number of nitrogens with zero attached hydrogens (tertiary/aromatic N) is 1. The zero-order valence-electron chi connectivity index (χ0n) is 17.9. The Bertz CT molecular complexity index is 916. The van der Waals surface area contributed by atoms with Gasteiger partial charge in [0.2, 0.25) is 0 Å². The van der Waals surface area contributed by atoms with Crippen LogP contribution in [0.5, 0.6) is 5.75 Å². The number of rotatable bonds is 7. The zero-order chi connectivity index (χ0) is 21.6. The van der Waals surface area contributed by atoms with Gasteiger partial charge in [-0.15, -0.1) is 6.58 Å². The van der Waals surface area contributed by atoms with E-state index in [9.17, 15) is 9.59 Å². The second kappa shape index (κ2) is 9.37. The van der Waals surface area contributed by atoms with Crippen LogP contribution in [0, 0.1) is 0 Å². The number of amides is 1. The summed E-state index contributed by atoms with van der Waals surface area (Å²) >= 11 is 0. The Morgan fingerprint density at radius 2 is 1.66 bits per heavy atom. The molecule has 0 fully saturated rings. The van der Waals surface area contributed by atoms with E-state index in [2.05, 4.69) is 6.58 Å². The zero-order valence-corrected chi connectivity index (χ0v) is 17.9. The van der Waals surface area contributed by atoms with E-state index in [1.54, 1.807) is 44.4 Å². The first-order valence-corrected chi connectivity index (χ1v) is 9.57. The van der Waals surface area contributed by atoms with Crippen LogP contribution >= 0.6 is 0 Å². The monoisotopic (exact) mass is 391 g/mol. The molecule has 152 valence electrons. The number of hydrogen-bond acceptors (Lipinski definition) is 3. The average Bonchev–Trinajstić information content (AvgIpc) is 2.66. The fraction of sp³-hybridized carbons (Fsp3) is 0.280. The van der Waals surface area contributed by atoms with E-state index in [1.165, 1.54) is 11.0 Å². The molecule has 0 heterocycles. The summed E-state index contributed by atoms with van der Waals surface area (Å²) < 4.78 is 6.04. The van der Waals surface area contributed by atoms with Gasteiger partial charge in [-0.2, -0.15) is 0 Å². The fourth-order valence-electron chi connectivity index (χ4n) is 2.74. The van der Waals surface area contributed by atoms with Crippen molar-refractivity contribution in [3.63, 3.8) is 0 Å². The van der Waals surface area contributed by atoms with Gasteiger partial charge in [-0.05, 0) is 69.2 Å². The number of ketones is 1. The molecule has 0 bridgehead atoms. The van der Waals surface area contributed by atoms with Gasteiger partial charge >= 0.3 is 0 Å². The molecule has 29 heavy (non-hydrogen) atoms. The third kappa shape index (κ3) is 6.46. The van der Waals surface area contributed by atoms with E-state index in [4.69, 9.17) is 4.74 Å². The SMILES string of the molecule is C=CCc1ccc(OC(C)(C)C)c(C=CC(=O)c2ccc(C(=O)N(C)C)cc2)c1. The maximum atomic E-state index is 12.6. The molecular weight excluding hydrogens is 362 g/mol. The largest absolute Gasteiger partial charge is 0.488 e. The Hall–Kier alpha value is -3.14. The average molecular weight is 392 g/mol. The van der Waals surface area contributed by atoms with Gasteiger partial charge in [-0.1, -0.05) is 24.3 Å². The normalized spacial score (nSPS) is 11.3. The minimum atomic E-state index is -0.346. The van der Waals surface area contributed by atoms with Crippen LogP contribution in [0.1, 0.15) is 52.6 Å². The van der Waals surface area contributed by atoms with Crippen LogP contribution < -0.4 is 4.74 Å². The number of hydrogen-bond donors (Lipinski definition) is 0. The van der Waals surface area contributed by atoms with Crippen molar-refractivity contribution in [1.82, 2.24) is 4.90 Å². The summed E-state index contributed by atoms with van der Waals surface area (Å²) in [4.78, 5) is 26.1. The molecule has 0 N–H and O–H groups in total. The number of carbonyl (C=O) groups excluding carboxylic acids is 2. The Morgan fingerprint density at radius 1 is 1.03 bits per heavy atom. The third-order valence-electron chi connectivity index (χ3n) is 4.11. The predicted octanol–water partition coefficient (Wildman–Crippen LogP) is 5.19. The van der Waals surface area contributed by atoms with Crippen molar-refractivity contribution >= 4 is 17.8 Å². The van der Waals surface area contributed by atoms with Gasteiger partial charge in [-0.25, -0.2) is 0 Å².